The summed E-state index contributed by atoms with van der Waals surface area (Å²) in [6.07, 6.45) is 5.73. The largest absolute Gasteiger partial charge is 0.369 e. The minimum atomic E-state index is -2.95. The number of thiazole rings is 1. The second kappa shape index (κ2) is 11.0. The molecule has 0 radical (unpaired) electrons. The van der Waals surface area contributed by atoms with Gasteiger partial charge in [0.1, 0.15) is 10.8 Å². The van der Waals surface area contributed by atoms with Gasteiger partial charge in [-0.1, -0.05) is 37.1 Å². The van der Waals surface area contributed by atoms with E-state index in [9.17, 15) is 23.7 Å². The highest BCUT2D eigenvalue weighted by atomic mass is 32.2. The van der Waals surface area contributed by atoms with Gasteiger partial charge in [0.15, 0.2) is 9.84 Å². The lowest BCUT2D eigenvalue weighted by Crippen LogP contribution is -2.40. The number of nitrogens with zero attached hydrogens (tertiary/aromatic N) is 4. The Morgan fingerprint density at radius 2 is 1.63 bits per heavy atom. The molecule has 6 rings (SSSR count). The maximum Gasteiger partial charge on any atom is 0.153 e. The van der Waals surface area contributed by atoms with E-state index in [-0.39, 0.29) is 29.1 Å². The smallest absolute Gasteiger partial charge is 0.153 e. The van der Waals surface area contributed by atoms with Gasteiger partial charge < -0.3 is 4.90 Å². The third-order valence-electron chi connectivity index (χ3n) is 8.89. The van der Waals surface area contributed by atoms with E-state index < -0.39 is 15.3 Å². The van der Waals surface area contributed by atoms with Gasteiger partial charge in [0.05, 0.1) is 45.2 Å². The Morgan fingerprint density at radius 1 is 0.976 bits per heavy atom. The highest BCUT2D eigenvalue weighted by Crippen LogP contribution is 2.51. The van der Waals surface area contributed by atoms with Crippen molar-refractivity contribution in [3.05, 3.63) is 59.8 Å². The number of carbonyl (C=O) groups excluding carboxylic acids is 1. The quantitative estimate of drug-likeness (QED) is 0.329. The number of aromatic nitrogens is 1. The minimum Gasteiger partial charge on any atom is -0.369 e. The molecule has 0 N–H and O–H groups in total. The Morgan fingerprint density at radius 3 is 2.27 bits per heavy atom. The Kier molecular flexibility index (Phi) is 7.44. The van der Waals surface area contributed by atoms with Crippen LogP contribution >= 0.6 is 11.3 Å². The van der Waals surface area contributed by atoms with Gasteiger partial charge in [-0.05, 0) is 55.5 Å². The van der Waals surface area contributed by atoms with E-state index in [1.54, 1.807) is 23.5 Å². The molecule has 0 bridgehead atoms. The minimum absolute atomic E-state index is 0.00361. The number of ketones is 1. The van der Waals surface area contributed by atoms with Crippen molar-refractivity contribution < 1.29 is 13.2 Å². The average molecular weight is 585 g/mol. The van der Waals surface area contributed by atoms with Crippen LogP contribution in [0, 0.1) is 34.0 Å². The van der Waals surface area contributed by atoms with Crippen molar-refractivity contribution in [3.8, 4) is 33.2 Å². The first kappa shape index (κ1) is 27.6. The molecule has 0 unspecified atom stereocenters. The summed E-state index contributed by atoms with van der Waals surface area (Å²) >= 11 is 1.61. The van der Waals surface area contributed by atoms with E-state index in [0.717, 1.165) is 70.9 Å². The van der Waals surface area contributed by atoms with Crippen molar-refractivity contribution in [3.63, 3.8) is 0 Å². The number of hydrogen-bond acceptors (Lipinski definition) is 8. The zero-order chi connectivity index (χ0) is 28.6. The molecular weight excluding hydrogens is 553 g/mol. The van der Waals surface area contributed by atoms with Crippen LogP contribution < -0.4 is 4.90 Å². The van der Waals surface area contributed by atoms with E-state index in [2.05, 4.69) is 29.2 Å². The maximum atomic E-state index is 13.6. The Balaban J connectivity index is 1.35. The van der Waals surface area contributed by atoms with Crippen molar-refractivity contribution in [2.75, 3.05) is 29.5 Å². The molecule has 3 aliphatic rings. The van der Waals surface area contributed by atoms with E-state index in [0.29, 0.717) is 25.1 Å². The Bertz CT molecular complexity index is 1630. The first-order chi connectivity index (χ1) is 19.8. The van der Waals surface area contributed by atoms with Crippen LogP contribution in [0.25, 0.3) is 21.0 Å². The molecule has 210 valence electrons. The SMILES string of the molecule is N#Cc1ccc(-c2nc([C@@H]3CCCC[C@H]3C(=O)CC3(C#N)CC3)c(-c3ccc(N4CCS(=O)(=O)CC4)cc3)s2)cc1. The summed E-state index contributed by atoms with van der Waals surface area (Å²) in [5.74, 6) is 0.399. The predicted octanol–water partition coefficient (Wildman–Crippen LogP) is 6.12. The zero-order valence-corrected chi connectivity index (χ0v) is 24.5. The summed E-state index contributed by atoms with van der Waals surface area (Å²) in [4.78, 5) is 21.9. The molecule has 9 heteroatoms. The van der Waals surface area contributed by atoms with Gasteiger partial charge in [-0.3, -0.25) is 4.79 Å². The molecule has 3 fully saturated rings. The van der Waals surface area contributed by atoms with Crippen molar-refractivity contribution >= 4 is 32.6 Å². The lowest BCUT2D eigenvalue weighted by atomic mass is 9.73. The average Bonchev–Trinajstić information content (AvgIpc) is 3.63. The van der Waals surface area contributed by atoms with Crippen molar-refractivity contribution in [1.29, 1.82) is 10.5 Å². The molecule has 7 nitrogen and oxygen atoms in total. The van der Waals surface area contributed by atoms with Gasteiger partial charge in [-0.15, -0.1) is 11.3 Å². The molecule has 2 saturated carbocycles. The second-order valence-electron chi connectivity index (χ2n) is 11.6. The van der Waals surface area contributed by atoms with Crippen LogP contribution in [0.4, 0.5) is 5.69 Å². The number of carbonyl (C=O) groups is 1. The van der Waals surface area contributed by atoms with Crippen LogP contribution in [-0.2, 0) is 14.6 Å². The van der Waals surface area contributed by atoms with Crippen LogP contribution in [0.15, 0.2) is 48.5 Å². The van der Waals surface area contributed by atoms with E-state index in [1.807, 2.05) is 24.3 Å². The molecule has 0 amide bonds. The fraction of sp³-hybridized carbons (Fsp3) is 0.438. The third kappa shape index (κ3) is 5.80. The van der Waals surface area contributed by atoms with Gasteiger partial charge in [0, 0.05) is 42.6 Å². The number of rotatable bonds is 7. The normalized spacial score (nSPS) is 22.8. The molecule has 1 aromatic heterocycles. The van der Waals surface area contributed by atoms with Gasteiger partial charge in [-0.2, -0.15) is 10.5 Å². The third-order valence-corrected chi connectivity index (χ3v) is 11.7. The molecule has 2 atom stereocenters. The monoisotopic (exact) mass is 584 g/mol. The summed E-state index contributed by atoms with van der Waals surface area (Å²) in [6, 6.07) is 20.2. The van der Waals surface area contributed by atoms with Gasteiger partial charge in [-0.25, -0.2) is 13.4 Å². The van der Waals surface area contributed by atoms with Crippen LogP contribution in [0.2, 0.25) is 0 Å². The Hall–Kier alpha value is -3.53. The summed E-state index contributed by atoms with van der Waals surface area (Å²) < 4.78 is 23.8. The molecule has 2 aromatic carbocycles. The molecule has 41 heavy (non-hydrogen) atoms. The van der Waals surface area contributed by atoms with Gasteiger partial charge in [0.2, 0.25) is 0 Å². The summed E-state index contributed by atoms with van der Waals surface area (Å²) in [5.41, 5.74) is 4.05. The van der Waals surface area contributed by atoms with Gasteiger partial charge in [0.25, 0.3) is 0 Å². The fourth-order valence-electron chi connectivity index (χ4n) is 6.18. The topological polar surface area (TPSA) is 115 Å². The molecule has 2 heterocycles. The fourth-order valence-corrected chi connectivity index (χ4v) is 8.53. The number of hydrogen-bond donors (Lipinski definition) is 0. The van der Waals surface area contributed by atoms with E-state index in [4.69, 9.17) is 4.98 Å². The predicted molar refractivity (Wildman–Crippen MR) is 160 cm³/mol. The lowest BCUT2D eigenvalue weighted by molar-refractivity contribution is -0.125. The number of Topliss-reactive ketones (excluding diaryl/α,β-unsaturated/α-hetero) is 1. The molecule has 3 aromatic rings. The van der Waals surface area contributed by atoms with Crippen LogP contribution in [0.5, 0.6) is 0 Å². The highest BCUT2D eigenvalue weighted by Gasteiger charge is 2.47. The maximum absolute atomic E-state index is 13.6. The number of sulfone groups is 1. The lowest BCUT2D eigenvalue weighted by Gasteiger charge is -2.31. The highest BCUT2D eigenvalue weighted by molar-refractivity contribution is 7.91. The summed E-state index contributed by atoms with van der Waals surface area (Å²) in [7, 11) is -2.95. The van der Waals surface area contributed by atoms with Crippen LogP contribution in [0.1, 0.15) is 62.1 Å². The van der Waals surface area contributed by atoms with E-state index >= 15 is 0 Å². The van der Waals surface area contributed by atoms with E-state index in [1.165, 1.54) is 0 Å². The summed E-state index contributed by atoms with van der Waals surface area (Å²) in [6.45, 7) is 0.985. The number of nitriles is 2. The van der Waals surface area contributed by atoms with Crippen molar-refractivity contribution in [2.24, 2.45) is 11.3 Å². The van der Waals surface area contributed by atoms with Crippen molar-refractivity contribution in [2.45, 2.75) is 50.9 Å². The molecule has 1 saturated heterocycles. The zero-order valence-electron chi connectivity index (χ0n) is 22.9. The van der Waals surface area contributed by atoms with Gasteiger partial charge >= 0.3 is 0 Å². The summed E-state index contributed by atoms with van der Waals surface area (Å²) in [5, 5.41) is 19.7. The first-order valence-corrected chi connectivity index (χ1v) is 16.9. The van der Waals surface area contributed by atoms with Crippen molar-refractivity contribution in [1.82, 2.24) is 4.98 Å². The van der Waals surface area contributed by atoms with Crippen LogP contribution in [0.3, 0.4) is 0 Å². The van der Waals surface area contributed by atoms with Crippen LogP contribution in [-0.4, -0.2) is 43.8 Å². The second-order valence-corrected chi connectivity index (χ2v) is 14.9. The Labute approximate surface area is 245 Å². The first-order valence-electron chi connectivity index (χ1n) is 14.3. The number of benzene rings is 2. The molecular formula is C32H32N4O3S2. The molecule has 2 aliphatic carbocycles. The number of anilines is 1. The molecule has 1 aliphatic heterocycles. The standard InChI is InChI=1S/C32H32N4O3S2/c33-20-22-5-7-24(8-6-22)31-35-29(27-4-2-1-3-26(27)28(37)19-32(21-34)13-14-32)30(40-31)23-9-11-25(12-10-23)36-15-17-41(38,39)18-16-36/h5-12,26-27H,1-4,13-19H2/t26-,27-/m1/s1. The molecule has 0 spiro atoms.